The highest BCUT2D eigenvalue weighted by Gasteiger charge is 2.62. The molecule has 4 nitrogen and oxygen atoms in total. The van der Waals surface area contributed by atoms with Crippen molar-refractivity contribution in [2.75, 3.05) is 7.11 Å². The van der Waals surface area contributed by atoms with E-state index in [2.05, 4.69) is 25.9 Å². The van der Waals surface area contributed by atoms with Crippen LogP contribution in [0, 0.1) is 40.4 Å². The minimum absolute atomic E-state index is 0.205. The molecule has 0 amide bonds. The first-order valence-electron chi connectivity index (χ1n) is 10.7. The Bertz CT molecular complexity index is 578. The normalized spacial score (nSPS) is 54.2. The molecule has 0 aromatic rings. The molecule has 0 spiro atoms. The van der Waals surface area contributed by atoms with Crippen molar-refractivity contribution in [3.8, 4) is 0 Å². The van der Waals surface area contributed by atoms with Crippen molar-refractivity contribution in [3.63, 3.8) is 0 Å². The van der Waals surface area contributed by atoms with Crippen LogP contribution in [0.4, 0.5) is 0 Å². The molecule has 0 aliphatic heterocycles. The first-order chi connectivity index (χ1) is 12.3. The Kier molecular flexibility index (Phi) is 4.67. The van der Waals surface area contributed by atoms with E-state index in [1.54, 1.807) is 7.11 Å². The van der Waals surface area contributed by atoms with Crippen LogP contribution in [0.2, 0.25) is 0 Å². The predicted octanol–water partition coefficient (Wildman–Crippen LogP) is 4.00. The standard InChI is InChI=1S/C22H37NO3/c1-13(23-26-4)16-5-6-17-15-12-20(25)19-11-14(24)7-9-22(19,3)18(15)8-10-21(16,17)2/h14-20,24-25H,5-12H2,1-4H3/b23-13-. The lowest BCUT2D eigenvalue weighted by Crippen LogP contribution is -2.58. The molecule has 26 heavy (non-hydrogen) atoms. The largest absolute Gasteiger partial charge is 0.399 e. The molecule has 4 aliphatic carbocycles. The number of nitrogens with zero attached hydrogens (tertiary/aromatic N) is 1. The van der Waals surface area contributed by atoms with Crippen molar-refractivity contribution < 1.29 is 15.1 Å². The van der Waals surface area contributed by atoms with E-state index in [9.17, 15) is 10.2 Å². The van der Waals surface area contributed by atoms with Crippen LogP contribution in [-0.2, 0) is 4.84 Å². The summed E-state index contributed by atoms with van der Waals surface area (Å²) in [5.74, 6) is 2.82. The van der Waals surface area contributed by atoms with E-state index >= 15 is 0 Å². The molecule has 0 saturated heterocycles. The highest BCUT2D eigenvalue weighted by molar-refractivity contribution is 5.85. The molecular weight excluding hydrogens is 326 g/mol. The zero-order chi connectivity index (χ0) is 18.7. The monoisotopic (exact) mass is 363 g/mol. The first-order valence-corrected chi connectivity index (χ1v) is 10.7. The fourth-order valence-corrected chi connectivity index (χ4v) is 8.17. The van der Waals surface area contributed by atoms with Gasteiger partial charge in [0.1, 0.15) is 7.11 Å². The van der Waals surface area contributed by atoms with E-state index in [0.29, 0.717) is 29.1 Å². The average molecular weight is 364 g/mol. The third-order valence-corrected chi connectivity index (χ3v) is 9.39. The molecule has 148 valence electrons. The van der Waals surface area contributed by atoms with E-state index in [-0.39, 0.29) is 23.5 Å². The molecule has 4 heteroatoms. The molecule has 0 heterocycles. The van der Waals surface area contributed by atoms with E-state index in [4.69, 9.17) is 4.84 Å². The number of rotatable bonds is 2. The molecule has 2 N–H and O–H groups in total. The minimum atomic E-state index is -0.244. The van der Waals surface area contributed by atoms with Crippen molar-refractivity contribution in [3.05, 3.63) is 0 Å². The van der Waals surface area contributed by atoms with Crippen molar-refractivity contribution in [1.82, 2.24) is 0 Å². The van der Waals surface area contributed by atoms with Crippen molar-refractivity contribution in [2.45, 2.75) is 84.3 Å². The topological polar surface area (TPSA) is 62.0 Å². The van der Waals surface area contributed by atoms with Gasteiger partial charge >= 0.3 is 0 Å². The Morgan fingerprint density at radius 3 is 2.35 bits per heavy atom. The summed E-state index contributed by atoms with van der Waals surface area (Å²) in [6.07, 6.45) is 8.26. The van der Waals surface area contributed by atoms with Gasteiger partial charge in [-0.25, -0.2) is 0 Å². The van der Waals surface area contributed by atoms with Gasteiger partial charge in [0, 0.05) is 5.92 Å². The third kappa shape index (κ3) is 2.58. The Labute approximate surface area is 158 Å². The van der Waals surface area contributed by atoms with Crippen LogP contribution in [0.25, 0.3) is 0 Å². The lowest BCUT2D eigenvalue weighted by atomic mass is 9.44. The molecule has 0 aromatic carbocycles. The van der Waals surface area contributed by atoms with E-state index < -0.39 is 0 Å². The van der Waals surface area contributed by atoms with E-state index in [0.717, 1.165) is 31.4 Å². The second-order valence-electron chi connectivity index (χ2n) is 10.3. The number of aliphatic hydroxyl groups is 2. The Morgan fingerprint density at radius 1 is 0.923 bits per heavy atom. The lowest BCUT2D eigenvalue weighted by Gasteiger charge is -2.62. The predicted molar refractivity (Wildman–Crippen MR) is 103 cm³/mol. The number of hydrogen-bond donors (Lipinski definition) is 2. The zero-order valence-corrected chi connectivity index (χ0v) is 16.9. The third-order valence-electron chi connectivity index (χ3n) is 9.39. The Morgan fingerprint density at radius 2 is 1.62 bits per heavy atom. The Hall–Kier alpha value is -0.610. The van der Waals surface area contributed by atoms with Crippen LogP contribution < -0.4 is 0 Å². The summed E-state index contributed by atoms with van der Waals surface area (Å²) in [4.78, 5) is 5.09. The summed E-state index contributed by atoms with van der Waals surface area (Å²) in [6.45, 7) is 7.03. The summed E-state index contributed by atoms with van der Waals surface area (Å²) < 4.78 is 0. The minimum Gasteiger partial charge on any atom is -0.399 e. The molecule has 4 rings (SSSR count). The van der Waals surface area contributed by atoms with Crippen molar-refractivity contribution in [1.29, 1.82) is 0 Å². The molecule has 0 radical (unpaired) electrons. The SMILES string of the molecule is CO/N=C(/C)C1CCC2C3CC(O)C4CC(O)CCC4(C)C3CCC12C. The van der Waals surface area contributed by atoms with Gasteiger partial charge in [-0.15, -0.1) is 0 Å². The molecule has 9 unspecified atom stereocenters. The van der Waals surface area contributed by atoms with Gasteiger partial charge in [0.2, 0.25) is 0 Å². The van der Waals surface area contributed by atoms with E-state index in [1.165, 1.54) is 25.7 Å². The molecule has 0 aromatic heterocycles. The maximum Gasteiger partial charge on any atom is 0.106 e. The van der Waals surface area contributed by atoms with Gasteiger partial charge in [0.05, 0.1) is 17.9 Å². The van der Waals surface area contributed by atoms with Crippen molar-refractivity contribution in [2.24, 2.45) is 45.6 Å². The first kappa shape index (κ1) is 18.7. The molecule has 4 aliphatic rings. The summed E-state index contributed by atoms with van der Waals surface area (Å²) in [5.41, 5.74) is 1.65. The summed E-state index contributed by atoms with van der Waals surface area (Å²) in [7, 11) is 1.64. The van der Waals surface area contributed by atoms with Crippen LogP contribution >= 0.6 is 0 Å². The van der Waals surface area contributed by atoms with Crippen molar-refractivity contribution >= 4 is 5.71 Å². The maximum atomic E-state index is 11.0. The van der Waals surface area contributed by atoms with Crippen LogP contribution in [-0.4, -0.2) is 35.2 Å². The summed E-state index contributed by atoms with van der Waals surface area (Å²) in [5, 5.41) is 25.5. The van der Waals surface area contributed by atoms with Gasteiger partial charge in [0.25, 0.3) is 0 Å². The molecule has 4 saturated carbocycles. The number of fused-ring (bicyclic) bond motifs is 5. The highest BCUT2D eigenvalue weighted by atomic mass is 16.6. The fourth-order valence-electron chi connectivity index (χ4n) is 8.17. The second kappa shape index (κ2) is 6.48. The number of hydrogen-bond acceptors (Lipinski definition) is 4. The molecule has 9 atom stereocenters. The maximum absolute atomic E-state index is 11.0. The number of oxime groups is 1. The quantitative estimate of drug-likeness (QED) is 0.576. The van der Waals surface area contributed by atoms with Crippen LogP contribution in [0.15, 0.2) is 5.16 Å². The summed E-state index contributed by atoms with van der Waals surface area (Å²) in [6, 6.07) is 0. The second-order valence-corrected chi connectivity index (χ2v) is 10.3. The molecule has 0 bridgehead atoms. The van der Waals surface area contributed by atoms with Gasteiger partial charge in [-0.3, -0.25) is 0 Å². The van der Waals surface area contributed by atoms with Crippen LogP contribution in [0.3, 0.4) is 0 Å². The van der Waals surface area contributed by atoms with Crippen LogP contribution in [0.1, 0.15) is 72.1 Å². The van der Waals surface area contributed by atoms with Gasteiger partial charge in [-0.2, -0.15) is 0 Å². The van der Waals surface area contributed by atoms with Gasteiger partial charge < -0.3 is 15.1 Å². The smallest absolute Gasteiger partial charge is 0.106 e. The average Bonchev–Trinajstić information content (AvgIpc) is 2.94. The van der Waals surface area contributed by atoms with E-state index in [1.807, 2.05) is 0 Å². The van der Waals surface area contributed by atoms with Gasteiger partial charge in [-0.05, 0) is 92.8 Å². The molecule has 4 fully saturated rings. The lowest BCUT2D eigenvalue weighted by molar-refractivity contribution is -0.169. The van der Waals surface area contributed by atoms with Crippen LogP contribution in [0.5, 0.6) is 0 Å². The summed E-state index contributed by atoms with van der Waals surface area (Å²) >= 11 is 0. The van der Waals surface area contributed by atoms with Gasteiger partial charge in [0.15, 0.2) is 0 Å². The zero-order valence-electron chi connectivity index (χ0n) is 16.9. The Balaban J connectivity index is 1.63. The highest BCUT2D eigenvalue weighted by Crippen LogP contribution is 2.67. The molecular formula is C22H37NO3. The fraction of sp³-hybridized carbons (Fsp3) is 0.955. The number of aliphatic hydroxyl groups excluding tert-OH is 2. The van der Waals surface area contributed by atoms with Gasteiger partial charge in [-0.1, -0.05) is 19.0 Å².